The number of allylic oxidation sites excluding steroid dienone is 1. The highest BCUT2D eigenvalue weighted by molar-refractivity contribution is 6.36. The number of rotatable bonds is 2. The summed E-state index contributed by atoms with van der Waals surface area (Å²) in [6, 6.07) is 12.6. The van der Waals surface area contributed by atoms with Crippen LogP contribution in [0.5, 0.6) is 0 Å². The van der Waals surface area contributed by atoms with E-state index in [1.807, 2.05) is 31.2 Å². The maximum absolute atomic E-state index is 12.8. The Labute approximate surface area is 160 Å². The van der Waals surface area contributed by atoms with Gasteiger partial charge in [-0.3, -0.25) is 9.59 Å². The Balaban J connectivity index is 1.80. The summed E-state index contributed by atoms with van der Waals surface area (Å²) in [5.74, 6) is -2.18. The molecule has 4 rings (SSSR count). The molecule has 6 heteroatoms. The maximum atomic E-state index is 12.8. The van der Waals surface area contributed by atoms with Crippen LogP contribution in [-0.4, -0.2) is 17.0 Å². The van der Waals surface area contributed by atoms with Gasteiger partial charge in [-0.1, -0.05) is 29.8 Å². The molecule has 140 valence electrons. The summed E-state index contributed by atoms with van der Waals surface area (Å²) < 4.78 is 6.02. The van der Waals surface area contributed by atoms with Gasteiger partial charge >= 0.3 is 11.9 Å². The summed E-state index contributed by atoms with van der Waals surface area (Å²) >= 11 is 0. The van der Waals surface area contributed by atoms with Gasteiger partial charge < -0.3 is 14.8 Å². The van der Waals surface area contributed by atoms with E-state index in [1.54, 1.807) is 6.07 Å². The van der Waals surface area contributed by atoms with Crippen molar-refractivity contribution in [2.24, 2.45) is 0 Å². The van der Waals surface area contributed by atoms with Crippen molar-refractivity contribution in [3.05, 3.63) is 75.1 Å². The molecule has 0 radical (unpaired) electrons. The summed E-state index contributed by atoms with van der Waals surface area (Å²) in [6.07, 6.45) is 3.34. The van der Waals surface area contributed by atoms with Crippen LogP contribution in [0.2, 0.25) is 0 Å². The van der Waals surface area contributed by atoms with Crippen molar-refractivity contribution in [1.29, 1.82) is 0 Å². The smallest absolute Gasteiger partial charge is 0.394 e. The first-order valence-corrected chi connectivity index (χ1v) is 8.84. The van der Waals surface area contributed by atoms with Gasteiger partial charge in [0.2, 0.25) is 0 Å². The van der Waals surface area contributed by atoms with E-state index in [4.69, 9.17) is 9.52 Å². The second-order valence-corrected chi connectivity index (χ2v) is 6.79. The van der Waals surface area contributed by atoms with Crippen LogP contribution in [0.3, 0.4) is 0 Å². The Morgan fingerprint density at radius 2 is 1.96 bits per heavy atom. The molecule has 6 nitrogen and oxygen atoms in total. The third-order valence-electron chi connectivity index (χ3n) is 4.76. The van der Waals surface area contributed by atoms with E-state index in [1.165, 1.54) is 12.1 Å². The van der Waals surface area contributed by atoms with E-state index in [-0.39, 0.29) is 11.1 Å². The molecule has 1 aliphatic carbocycles. The highest BCUT2D eigenvalue weighted by Crippen LogP contribution is 2.34. The highest BCUT2D eigenvalue weighted by Gasteiger charge is 2.24. The monoisotopic (exact) mass is 375 g/mol. The number of hydrogen-bond acceptors (Lipinski definition) is 4. The van der Waals surface area contributed by atoms with Gasteiger partial charge in [0.1, 0.15) is 11.3 Å². The number of carboxylic acid groups (broad SMARTS) is 1. The van der Waals surface area contributed by atoms with E-state index in [2.05, 4.69) is 11.4 Å². The van der Waals surface area contributed by atoms with E-state index in [0.717, 1.165) is 16.7 Å². The van der Waals surface area contributed by atoms with Crippen LogP contribution < -0.4 is 10.7 Å². The van der Waals surface area contributed by atoms with E-state index < -0.39 is 11.9 Å². The van der Waals surface area contributed by atoms with Gasteiger partial charge in [0.15, 0.2) is 5.43 Å². The Morgan fingerprint density at radius 3 is 2.71 bits per heavy atom. The minimum atomic E-state index is -1.58. The maximum Gasteiger partial charge on any atom is 0.394 e. The molecule has 1 amide bonds. The fourth-order valence-corrected chi connectivity index (χ4v) is 3.45. The van der Waals surface area contributed by atoms with Crippen LogP contribution in [0.1, 0.15) is 28.9 Å². The lowest BCUT2D eigenvalue weighted by Crippen LogP contribution is -2.21. The number of fused-ring (bicyclic) bond motifs is 2. The molecule has 0 unspecified atom stereocenters. The largest absolute Gasteiger partial charge is 0.474 e. The van der Waals surface area contributed by atoms with Crippen LogP contribution in [0.4, 0.5) is 5.69 Å². The fraction of sp³-hybridized carbons (Fsp3) is 0.136. The molecule has 3 aromatic rings. The van der Waals surface area contributed by atoms with Crippen LogP contribution >= 0.6 is 0 Å². The van der Waals surface area contributed by atoms with Crippen LogP contribution in [-0.2, 0) is 16.0 Å². The molecule has 0 saturated carbocycles. The summed E-state index contributed by atoms with van der Waals surface area (Å²) in [5.41, 5.74) is 4.24. The third kappa shape index (κ3) is 3.20. The number of carbonyl (C=O) groups is 2. The predicted molar refractivity (Wildman–Crippen MR) is 106 cm³/mol. The quantitative estimate of drug-likeness (QED) is 0.667. The lowest BCUT2D eigenvalue weighted by atomic mass is 10.1. The molecular weight excluding hydrogens is 358 g/mol. The Morgan fingerprint density at radius 1 is 1.14 bits per heavy atom. The van der Waals surface area contributed by atoms with Crippen LogP contribution in [0, 0.1) is 6.92 Å². The third-order valence-corrected chi connectivity index (χ3v) is 4.76. The SMILES string of the molecule is Cc1cccc(/C=C2\CCc3c2oc2cc(NC(=O)C(=O)O)ccc2c3=O)c1. The highest BCUT2D eigenvalue weighted by atomic mass is 16.4. The number of carboxylic acids is 1. The van der Waals surface area contributed by atoms with E-state index >= 15 is 0 Å². The number of aliphatic carboxylic acids is 1. The lowest BCUT2D eigenvalue weighted by Gasteiger charge is -2.07. The normalized spacial score (nSPS) is 14.2. The number of anilines is 1. The predicted octanol–water partition coefficient (Wildman–Crippen LogP) is 3.61. The minimum absolute atomic E-state index is 0.0972. The van der Waals surface area contributed by atoms with Gasteiger partial charge in [-0.05, 0) is 49.1 Å². The summed E-state index contributed by atoms with van der Waals surface area (Å²) in [6.45, 7) is 2.02. The zero-order chi connectivity index (χ0) is 19.8. The van der Waals surface area contributed by atoms with Crippen LogP contribution in [0.25, 0.3) is 22.6 Å². The molecule has 0 bridgehead atoms. The topological polar surface area (TPSA) is 96.6 Å². The zero-order valence-corrected chi connectivity index (χ0v) is 15.1. The fourth-order valence-electron chi connectivity index (χ4n) is 3.45. The van der Waals surface area contributed by atoms with Gasteiger partial charge in [0, 0.05) is 17.3 Å². The molecule has 1 aromatic heterocycles. The summed E-state index contributed by atoms with van der Waals surface area (Å²) in [4.78, 5) is 34.9. The molecular formula is C22H17NO5. The molecule has 0 spiro atoms. The van der Waals surface area contributed by atoms with Gasteiger partial charge in [-0.15, -0.1) is 0 Å². The van der Waals surface area contributed by atoms with Gasteiger partial charge in [0.05, 0.1) is 5.39 Å². The van der Waals surface area contributed by atoms with Crippen molar-refractivity contribution >= 4 is 40.2 Å². The van der Waals surface area contributed by atoms with E-state index in [9.17, 15) is 14.4 Å². The number of nitrogens with one attached hydrogen (secondary N) is 1. The molecule has 1 heterocycles. The Bertz CT molecular complexity index is 1220. The van der Waals surface area contributed by atoms with Crippen molar-refractivity contribution in [3.8, 4) is 0 Å². The first-order valence-electron chi connectivity index (χ1n) is 8.84. The van der Waals surface area contributed by atoms with Crippen molar-refractivity contribution in [2.45, 2.75) is 19.8 Å². The van der Waals surface area contributed by atoms with Crippen molar-refractivity contribution in [2.75, 3.05) is 5.32 Å². The molecule has 2 aromatic carbocycles. The number of aryl methyl sites for hydroxylation is 1. The standard InChI is InChI=1S/C22H17NO5/c1-12-3-2-4-13(9-12)10-14-5-7-17-19(24)16-8-6-15(23-21(25)22(26)27)11-18(16)28-20(14)17/h2-4,6,8-11H,5,7H2,1H3,(H,23,25)(H,26,27)/b14-10+. The first kappa shape index (κ1) is 17.7. The Kier molecular flexibility index (Phi) is 4.31. The van der Waals surface area contributed by atoms with Crippen molar-refractivity contribution in [1.82, 2.24) is 0 Å². The second kappa shape index (κ2) is 6.81. The van der Waals surface area contributed by atoms with Gasteiger partial charge in [-0.2, -0.15) is 0 Å². The van der Waals surface area contributed by atoms with Crippen molar-refractivity contribution < 1.29 is 19.1 Å². The molecule has 0 aliphatic heterocycles. The summed E-state index contributed by atoms with van der Waals surface area (Å²) in [7, 11) is 0. The molecule has 2 N–H and O–H groups in total. The number of benzene rings is 2. The lowest BCUT2D eigenvalue weighted by molar-refractivity contribution is -0.147. The minimum Gasteiger partial charge on any atom is -0.474 e. The Hall–Kier alpha value is -3.67. The van der Waals surface area contributed by atoms with E-state index in [0.29, 0.717) is 35.1 Å². The number of amides is 1. The van der Waals surface area contributed by atoms with Gasteiger partial charge in [0.25, 0.3) is 0 Å². The average molecular weight is 375 g/mol. The molecule has 0 saturated heterocycles. The summed E-state index contributed by atoms with van der Waals surface area (Å²) in [5, 5.41) is 11.4. The van der Waals surface area contributed by atoms with Gasteiger partial charge in [-0.25, -0.2) is 4.79 Å². The molecule has 1 aliphatic rings. The van der Waals surface area contributed by atoms with Crippen molar-refractivity contribution in [3.63, 3.8) is 0 Å². The average Bonchev–Trinajstić information content (AvgIpc) is 3.04. The second-order valence-electron chi connectivity index (χ2n) is 6.79. The number of carbonyl (C=O) groups excluding carboxylic acids is 1. The zero-order valence-electron chi connectivity index (χ0n) is 15.1. The molecule has 0 fully saturated rings. The van der Waals surface area contributed by atoms with Crippen LogP contribution in [0.15, 0.2) is 51.7 Å². The first-order chi connectivity index (χ1) is 13.4. The molecule has 0 atom stereocenters. The number of hydrogen-bond donors (Lipinski definition) is 2. The molecule has 28 heavy (non-hydrogen) atoms.